The van der Waals surface area contributed by atoms with E-state index in [0.717, 1.165) is 16.9 Å². The number of carbonyl (C=O) groups excluding carboxylic acids is 1. The molecule has 1 aliphatic carbocycles. The summed E-state index contributed by atoms with van der Waals surface area (Å²) in [6.07, 6.45) is -11.8. The maximum Gasteiger partial charge on any atom is 0.416 e. The van der Waals surface area contributed by atoms with Gasteiger partial charge in [-0.05, 0) is 117 Å². The number of aromatic nitrogens is 4. The van der Waals surface area contributed by atoms with Gasteiger partial charge in [-0.25, -0.2) is 0 Å². The molecular formula is C34H39F9N6O2. The molecule has 51 heavy (non-hydrogen) atoms. The van der Waals surface area contributed by atoms with Gasteiger partial charge in [0.05, 0.1) is 35.4 Å². The van der Waals surface area contributed by atoms with Crippen LogP contribution in [0.25, 0.3) is 0 Å². The summed E-state index contributed by atoms with van der Waals surface area (Å²) in [5.74, 6) is -0.755. The van der Waals surface area contributed by atoms with E-state index >= 15 is 0 Å². The molecule has 1 aromatic heterocycles. The fourth-order valence-corrected chi connectivity index (χ4v) is 7.38. The Kier molecular flexibility index (Phi) is 10.5. The Morgan fingerprint density at radius 1 is 0.882 bits per heavy atom. The Labute approximate surface area is 288 Å². The first-order valence-electron chi connectivity index (χ1n) is 16.6. The Bertz CT molecular complexity index is 1670. The van der Waals surface area contributed by atoms with Crippen molar-refractivity contribution in [1.29, 1.82) is 0 Å². The molecule has 1 amide bonds. The molecule has 1 N–H and O–H groups in total. The quantitative estimate of drug-likeness (QED) is 0.234. The third-order valence-corrected chi connectivity index (χ3v) is 9.66. The van der Waals surface area contributed by atoms with Crippen LogP contribution in [-0.2, 0) is 36.9 Å². The maximum absolute atomic E-state index is 14.3. The van der Waals surface area contributed by atoms with Crippen molar-refractivity contribution in [1.82, 2.24) is 20.2 Å². The molecule has 3 aromatic rings. The van der Waals surface area contributed by atoms with E-state index in [1.807, 2.05) is 0 Å². The number of halogens is 9. The minimum absolute atomic E-state index is 0.00528. The van der Waals surface area contributed by atoms with Crippen LogP contribution < -0.4 is 9.80 Å². The molecule has 2 atom stereocenters. The predicted molar refractivity (Wildman–Crippen MR) is 168 cm³/mol. The van der Waals surface area contributed by atoms with Crippen LogP contribution in [0.5, 0.6) is 0 Å². The second-order valence-electron chi connectivity index (χ2n) is 14.1. The average Bonchev–Trinajstić information content (AvgIpc) is 3.46. The highest BCUT2D eigenvalue weighted by atomic mass is 19.4. The zero-order valence-corrected chi connectivity index (χ0v) is 28.4. The van der Waals surface area contributed by atoms with E-state index < -0.39 is 70.9 Å². The van der Waals surface area contributed by atoms with Crippen molar-refractivity contribution in [2.75, 3.05) is 9.80 Å². The largest absolute Gasteiger partial charge is 0.416 e. The van der Waals surface area contributed by atoms with Crippen LogP contribution in [0.15, 0.2) is 36.4 Å². The van der Waals surface area contributed by atoms with Gasteiger partial charge in [0.1, 0.15) is 0 Å². The topological polar surface area (TPSA) is 87.4 Å². The lowest BCUT2D eigenvalue weighted by molar-refractivity contribution is -0.143. The molecule has 2 aromatic carbocycles. The number of carbonyl (C=O) groups is 1. The van der Waals surface area contributed by atoms with E-state index in [4.69, 9.17) is 0 Å². The van der Waals surface area contributed by atoms with Gasteiger partial charge in [0.2, 0.25) is 5.91 Å². The van der Waals surface area contributed by atoms with Crippen LogP contribution in [0.1, 0.15) is 99.6 Å². The normalized spacial score (nSPS) is 21.8. The van der Waals surface area contributed by atoms with Crippen molar-refractivity contribution in [2.24, 2.45) is 18.9 Å². The number of amides is 1. The molecule has 0 saturated heterocycles. The Hall–Kier alpha value is -3.89. The van der Waals surface area contributed by atoms with Crippen molar-refractivity contribution >= 4 is 17.5 Å². The number of nitrogens with zero attached hydrogens (tertiary/aromatic N) is 6. The number of benzene rings is 2. The molecule has 280 valence electrons. The van der Waals surface area contributed by atoms with Crippen LogP contribution in [0.4, 0.5) is 51.1 Å². The molecule has 5 rings (SSSR count). The summed E-state index contributed by atoms with van der Waals surface area (Å²) in [6, 6.07) is 2.28. The summed E-state index contributed by atoms with van der Waals surface area (Å²) >= 11 is 0. The van der Waals surface area contributed by atoms with Crippen LogP contribution in [0.2, 0.25) is 0 Å². The van der Waals surface area contributed by atoms with E-state index in [1.165, 1.54) is 22.9 Å². The molecule has 0 spiro atoms. The fourth-order valence-electron chi connectivity index (χ4n) is 7.38. The smallest absolute Gasteiger partial charge is 0.390 e. The molecule has 17 heteroatoms. The van der Waals surface area contributed by atoms with E-state index in [0.29, 0.717) is 50.7 Å². The second-order valence-corrected chi connectivity index (χ2v) is 14.1. The molecular weight excluding hydrogens is 695 g/mol. The van der Waals surface area contributed by atoms with Gasteiger partial charge in [0.25, 0.3) is 5.95 Å². The zero-order chi connectivity index (χ0) is 37.7. The minimum Gasteiger partial charge on any atom is -0.390 e. The number of hydrogen-bond donors (Lipinski definition) is 1. The van der Waals surface area contributed by atoms with Crippen molar-refractivity contribution in [3.8, 4) is 0 Å². The lowest BCUT2D eigenvalue weighted by atomic mass is 9.76. The van der Waals surface area contributed by atoms with Gasteiger partial charge in [-0.2, -0.15) is 44.3 Å². The van der Waals surface area contributed by atoms with Crippen LogP contribution in [-0.4, -0.2) is 42.9 Å². The summed E-state index contributed by atoms with van der Waals surface area (Å²) in [6.45, 7) is 4.56. The molecule has 0 radical (unpaired) electrons. The van der Waals surface area contributed by atoms with Gasteiger partial charge in [0.15, 0.2) is 0 Å². The summed E-state index contributed by atoms with van der Waals surface area (Å²) in [5, 5.41) is 22.1. The number of rotatable bonds is 8. The molecule has 2 heterocycles. The first-order valence-corrected chi connectivity index (χ1v) is 16.6. The van der Waals surface area contributed by atoms with Gasteiger partial charge in [-0.1, -0.05) is 12.0 Å². The van der Waals surface area contributed by atoms with Crippen LogP contribution in [0.3, 0.4) is 0 Å². The molecule has 8 nitrogen and oxygen atoms in total. The molecule has 1 aliphatic heterocycles. The van der Waals surface area contributed by atoms with E-state index in [9.17, 15) is 49.4 Å². The van der Waals surface area contributed by atoms with E-state index in [1.54, 1.807) is 20.8 Å². The highest BCUT2D eigenvalue weighted by Crippen LogP contribution is 2.47. The van der Waals surface area contributed by atoms with Crippen LogP contribution in [0, 0.1) is 11.8 Å². The Balaban J connectivity index is 1.60. The highest BCUT2D eigenvalue weighted by Gasteiger charge is 2.44. The maximum atomic E-state index is 14.3. The summed E-state index contributed by atoms with van der Waals surface area (Å²) in [7, 11) is 1.38. The third-order valence-electron chi connectivity index (χ3n) is 9.66. The Morgan fingerprint density at radius 3 is 1.96 bits per heavy atom. The summed E-state index contributed by atoms with van der Waals surface area (Å²) in [4.78, 5) is 18.0. The van der Waals surface area contributed by atoms with Crippen molar-refractivity contribution in [2.45, 2.75) is 108 Å². The molecule has 1 unspecified atom stereocenters. The first-order chi connectivity index (χ1) is 23.5. The standard InChI is InChI=1S/C34H39F9N6O2/c1-5-25-16-28(48(30-44-46-47(4)45-30)18-20-12-23(33(38,39)40)14-24(13-20)34(41,42)43)26-15-22(32(35,36)37)10-11-27(26)49(25)29(50)21-8-6-19(7-9-21)17-31(2,3)51/h10-15,19,21,25,28,51H,5-9,16-18H2,1-4H3/t19?,21?,25-,28?/m1/s1. The molecule has 0 bridgehead atoms. The number of tetrazole rings is 1. The monoisotopic (exact) mass is 734 g/mol. The molecule has 1 fully saturated rings. The average molecular weight is 735 g/mol. The van der Waals surface area contributed by atoms with Gasteiger partial charge in [0, 0.05) is 24.2 Å². The van der Waals surface area contributed by atoms with E-state index in [-0.39, 0.29) is 41.5 Å². The van der Waals surface area contributed by atoms with Gasteiger partial charge >= 0.3 is 18.5 Å². The van der Waals surface area contributed by atoms with Crippen molar-refractivity contribution in [3.05, 3.63) is 64.2 Å². The zero-order valence-electron chi connectivity index (χ0n) is 28.4. The summed E-state index contributed by atoms with van der Waals surface area (Å²) in [5.41, 5.74) is -5.32. The van der Waals surface area contributed by atoms with Crippen LogP contribution >= 0.6 is 0 Å². The second kappa shape index (κ2) is 13.9. The van der Waals surface area contributed by atoms with Gasteiger partial charge < -0.3 is 14.9 Å². The van der Waals surface area contributed by atoms with Gasteiger partial charge in [-0.15, -0.1) is 5.10 Å². The minimum atomic E-state index is -5.13. The molecule has 1 saturated carbocycles. The number of aryl methyl sites for hydroxylation is 1. The fraction of sp³-hybridized carbons (Fsp3) is 0.588. The van der Waals surface area contributed by atoms with Gasteiger partial charge in [-0.3, -0.25) is 4.79 Å². The lowest BCUT2D eigenvalue weighted by Crippen LogP contribution is -2.50. The number of aliphatic hydroxyl groups is 1. The van der Waals surface area contributed by atoms with Crippen molar-refractivity contribution < 1.29 is 49.4 Å². The number of alkyl halides is 9. The van der Waals surface area contributed by atoms with Crippen molar-refractivity contribution in [3.63, 3.8) is 0 Å². The van der Waals surface area contributed by atoms with E-state index in [2.05, 4.69) is 15.4 Å². The summed E-state index contributed by atoms with van der Waals surface area (Å²) < 4.78 is 125. The predicted octanol–water partition coefficient (Wildman–Crippen LogP) is 8.50. The number of fused-ring (bicyclic) bond motifs is 1. The SMILES string of the molecule is CC[C@@H]1CC(N(Cc2cc(C(F)(F)F)cc(C(F)(F)F)c2)c2nnn(C)n2)c2cc(C(F)(F)F)ccc2N1C(=O)C1CCC(CC(C)(C)O)CC1. The number of hydrogen-bond acceptors (Lipinski definition) is 6. The highest BCUT2D eigenvalue weighted by molar-refractivity contribution is 5.97. The Morgan fingerprint density at radius 2 is 1.47 bits per heavy atom. The first kappa shape index (κ1) is 38.3. The third kappa shape index (κ3) is 8.78. The lowest BCUT2D eigenvalue weighted by Gasteiger charge is -2.46. The number of anilines is 2. The molecule has 2 aliphatic rings.